The Balaban J connectivity index is 2.13. The number of para-hydroxylation sites is 1. The van der Waals surface area contributed by atoms with Crippen LogP contribution in [0.5, 0.6) is 5.75 Å². The Morgan fingerprint density at radius 1 is 1.08 bits per heavy atom. The van der Waals surface area contributed by atoms with Gasteiger partial charge in [-0.25, -0.2) is 0 Å². The van der Waals surface area contributed by atoms with Crippen molar-refractivity contribution in [3.05, 3.63) is 59.7 Å². The lowest BCUT2D eigenvalue weighted by molar-refractivity contribution is 0.0891. The molecule has 0 unspecified atom stereocenters. The summed E-state index contributed by atoms with van der Waals surface area (Å²) in [6, 6.07) is 14.2. The lowest BCUT2D eigenvalue weighted by Gasteiger charge is -2.33. The van der Waals surface area contributed by atoms with Crippen molar-refractivity contribution in [2.24, 2.45) is 10.4 Å². The Hall–Kier alpha value is -2.62. The number of amides is 1. The Labute approximate surface area is 156 Å². The summed E-state index contributed by atoms with van der Waals surface area (Å²) in [4.78, 5) is 17.0. The van der Waals surface area contributed by atoms with Gasteiger partial charge >= 0.3 is 0 Å². The average molecular weight is 352 g/mol. The summed E-state index contributed by atoms with van der Waals surface area (Å²) >= 11 is 0. The summed E-state index contributed by atoms with van der Waals surface area (Å²) < 4.78 is 0. The molecule has 26 heavy (non-hydrogen) atoms. The van der Waals surface area contributed by atoms with Crippen molar-refractivity contribution in [1.82, 2.24) is 5.32 Å². The van der Waals surface area contributed by atoms with Crippen LogP contribution in [0.4, 0.5) is 5.69 Å². The molecule has 0 aliphatic carbocycles. The average Bonchev–Trinajstić information content (AvgIpc) is 2.51. The number of carbonyl (C=O) groups is 1. The summed E-state index contributed by atoms with van der Waals surface area (Å²) in [7, 11) is 0. The number of aromatic hydroxyl groups is 1. The molecule has 1 amide bonds. The van der Waals surface area contributed by atoms with Gasteiger partial charge in [0.05, 0.1) is 5.69 Å². The maximum atomic E-state index is 12.6. The number of aliphatic imine (C=N–C) groups is 1. The highest BCUT2D eigenvalue weighted by atomic mass is 16.3. The van der Waals surface area contributed by atoms with Gasteiger partial charge < -0.3 is 10.4 Å². The normalized spacial score (nSPS) is 12.3. The van der Waals surface area contributed by atoms with Crippen LogP contribution in [0.3, 0.4) is 0 Å². The molecule has 138 valence electrons. The first-order valence-corrected chi connectivity index (χ1v) is 8.80. The molecule has 0 atom stereocenters. The maximum absolute atomic E-state index is 12.6. The van der Waals surface area contributed by atoms with Crippen molar-refractivity contribution >= 4 is 17.8 Å². The maximum Gasteiger partial charge on any atom is 0.251 e. The van der Waals surface area contributed by atoms with Gasteiger partial charge in [-0.05, 0) is 56.0 Å². The van der Waals surface area contributed by atoms with Gasteiger partial charge in [-0.3, -0.25) is 9.79 Å². The van der Waals surface area contributed by atoms with Crippen LogP contribution in [-0.4, -0.2) is 22.8 Å². The standard InChI is InChI=1S/C22H28N2O2/c1-21(2,3)15-22(4,5)24-20(26)16-10-8-11-18(13-16)23-14-17-9-6-7-12-19(17)25/h6-14,25H,15H2,1-5H3,(H,24,26). The van der Waals surface area contributed by atoms with E-state index in [1.54, 1.807) is 36.5 Å². The van der Waals surface area contributed by atoms with Gasteiger partial charge in [0.25, 0.3) is 5.91 Å². The lowest BCUT2D eigenvalue weighted by Crippen LogP contribution is -2.45. The molecule has 0 aromatic heterocycles. The molecular formula is C22H28N2O2. The minimum absolute atomic E-state index is 0.112. The first-order chi connectivity index (χ1) is 12.1. The Morgan fingerprint density at radius 2 is 1.77 bits per heavy atom. The predicted molar refractivity (Wildman–Crippen MR) is 107 cm³/mol. The van der Waals surface area contributed by atoms with Crippen molar-refractivity contribution in [2.45, 2.75) is 46.6 Å². The van der Waals surface area contributed by atoms with Gasteiger partial charge in [-0.15, -0.1) is 0 Å². The molecule has 2 aromatic rings. The molecule has 0 aliphatic rings. The number of hydrogen-bond acceptors (Lipinski definition) is 3. The monoisotopic (exact) mass is 352 g/mol. The van der Waals surface area contributed by atoms with Gasteiger partial charge in [0.15, 0.2) is 0 Å². The SMILES string of the molecule is CC(C)(C)CC(C)(C)NC(=O)c1cccc(N=Cc2ccccc2O)c1. The minimum Gasteiger partial charge on any atom is -0.507 e. The van der Waals surface area contributed by atoms with Crippen LogP contribution in [0.1, 0.15) is 57.0 Å². The van der Waals surface area contributed by atoms with Crippen LogP contribution in [0, 0.1) is 5.41 Å². The van der Waals surface area contributed by atoms with Crippen molar-refractivity contribution in [2.75, 3.05) is 0 Å². The van der Waals surface area contributed by atoms with E-state index in [1.165, 1.54) is 0 Å². The van der Waals surface area contributed by atoms with E-state index >= 15 is 0 Å². The first-order valence-electron chi connectivity index (χ1n) is 8.80. The third-order valence-electron chi connectivity index (χ3n) is 3.82. The second kappa shape index (κ2) is 7.73. The summed E-state index contributed by atoms with van der Waals surface area (Å²) in [6.07, 6.45) is 2.47. The molecule has 0 spiro atoms. The van der Waals surface area contributed by atoms with Gasteiger partial charge in [0.1, 0.15) is 5.75 Å². The molecule has 0 fully saturated rings. The molecule has 2 aromatic carbocycles. The Kier molecular flexibility index (Phi) is 5.86. The van der Waals surface area contributed by atoms with E-state index < -0.39 is 0 Å². The van der Waals surface area contributed by atoms with Crippen LogP contribution in [0.15, 0.2) is 53.5 Å². The van der Waals surface area contributed by atoms with Crippen molar-refractivity contribution in [1.29, 1.82) is 0 Å². The molecule has 0 aliphatic heterocycles. The number of carbonyl (C=O) groups excluding carboxylic acids is 1. The van der Waals surface area contributed by atoms with E-state index in [9.17, 15) is 9.90 Å². The Morgan fingerprint density at radius 3 is 2.42 bits per heavy atom. The fourth-order valence-corrected chi connectivity index (χ4v) is 3.22. The summed E-state index contributed by atoms with van der Waals surface area (Å²) in [5.41, 5.74) is 1.69. The molecule has 4 nitrogen and oxygen atoms in total. The van der Waals surface area contributed by atoms with E-state index in [0.29, 0.717) is 16.8 Å². The van der Waals surface area contributed by atoms with E-state index in [1.807, 2.05) is 32.0 Å². The van der Waals surface area contributed by atoms with E-state index in [4.69, 9.17) is 0 Å². The third kappa shape index (κ3) is 6.03. The molecule has 0 heterocycles. The van der Waals surface area contributed by atoms with Crippen LogP contribution < -0.4 is 5.32 Å². The van der Waals surface area contributed by atoms with Gasteiger partial charge in [-0.1, -0.05) is 39.0 Å². The molecule has 2 rings (SSSR count). The highest BCUT2D eigenvalue weighted by Gasteiger charge is 2.27. The fourth-order valence-electron chi connectivity index (χ4n) is 3.22. The van der Waals surface area contributed by atoms with Gasteiger partial charge in [-0.2, -0.15) is 0 Å². The largest absolute Gasteiger partial charge is 0.507 e. The summed E-state index contributed by atoms with van der Waals surface area (Å²) in [6.45, 7) is 10.6. The number of benzene rings is 2. The minimum atomic E-state index is -0.301. The van der Waals surface area contributed by atoms with E-state index in [2.05, 4.69) is 31.1 Å². The number of nitrogens with zero attached hydrogens (tertiary/aromatic N) is 1. The number of hydrogen-bond donors (Lipinski definition) is 2. The van der Waals surface area contributed by atoms with Crippen LogP contribution in [0.25, 0.3) is 0 Å². The highest BCUT2D eigenvalue weighted by molar-refractivity contribution is 5.95. The van der Waals surface area contributed by atoms with Crippen LogP contribution in [0.2, 0.25) is 0 Å². The zero-order valence-electron chi connectivity index (χ0n) is 16.2. The molecule has 0 bridgehead atoms. The van der Waals surface area contributed by atoms with Crippen molar-refractivity contribution < 1.29 is 9.90 Å². The molecular weight excluding hydrogens is 324 g/mol. The number of nitrogens with one attached hydrogen (secondary N) is 1. The molecule has 2 N–H and O–H groups in total. The number of phenolic OH excluding ortho intramolecular Hbond substituents is 1. The van der Waals surface area contributed by atoms with E-state index in [0.717, 1.165) is 6.42 Å². The third-order valence-corrected chi connectivity index (χ3v) is 3.82. The molecule has 0 radical (unpaired) electrons. The second-order valence-electron chi connectivity index (χ2n) is 8.44. The van der Waals surface area contributed by atoms with Crippen molar-refractivity contribution in [3.63, 3.8) is 0 Å². The molecule has 0 saturated heterocycles. The molecule has 0 saturated carbocycles. The van der Waals surface area contributed by atoms with Crippen LogP contribution in [-0.2, 0) is 0 Å². The zero-order valence-corrected chi connectivity index (χ0v) is 16.2. The van der Waals surface area contributed by atoms with Gasteiger partial charge in [0, 0.05) is 22.9 Å². The molecule has 4 heteroatoms. The summed E-state index contributed by atoms with van der Waals surface area (Å²) in [5.74, 6) is 0.0629. The summed E-state index contributed by atoms with van der Waals surface area (Å²) in [5, 5.41) is 12.9. The zero-order chi connectivity index (χ0) is 19.4. The highest BCUT2D eigenvalue weighted by Crippen LogP contribution is 2.27. The Bertz CT molecular complexity index is 802. The topological polar surface area (TPSA) is 61.7 Å². The van der Waals surface area contributed by atoms with Crippen LogP contribution >= 0.6 is 0 Å². The second-order valence-corrected chi connectivity index (χ2v) is 8.44. The smallest absolute Gasteiger partial charge is 0.251 e. The first kappa shape index (κ1) is 19.7. The number of rotatable bonds is 5. The number of phenols is 1. The quantitative estimate of drug-likeness (QED) is 0.737. The fraction of sp³-hybridized carbons (Fsp3) is 0.364. The van der Waals surface area contributed by atoms with E-state index in [-0.39, 0.29) is 22.6 Å². The predicted octanol–water partition coefficient (Wildman–Crippen LogP) is 5.09. The lowest BCUT2D eigenvalue weighted by atomic mass is 9.81. The van der Waals surface area contributed by atoms with Crippen molar-refractivity contribution in [3.8, 4) is 5.75 Å². The van der Waals surface area contributed by atoms with Gasteiger partial charge in [0.2, 0.25) is 0 Å².